The van der Waals surface area contributed by atoms with Crippen molar-refractivity contribution in [3.63, 3.8) is 0 Å². The van der Waals surface area contributed by atoms with Crippen molar-refractivity contribution in [1.29, 1.82) is 0 Å². The number of pyridine rings is 1. The van der Waals surface area contributed by atoms with E-state index in [1.807, 2.05) is 0 Å². The third kappa shape index (κ3) is 2.51. The lowest BCUT2D eigenvalue weighted by molar-refractivity contribution is -0.124. The number of carbonyl (C=O) groups is 1. The summed E-state index contributed by atoms with van der Waals surface area (Å²) in [5.41, 5.74) is -0.0931. The highest BCUT2D eigenvalue weighted by atomic mass is 79.9. The summed E-state index contributed by atoms with van der Waals surface area (Å²) in [5.74, 6) is -0.263. The van der Waals surface area contributed by atoms with Gasteiger partial charge in [0.1, 0.15) is 11.8 Å². The fraction of sp³-hybridized carbons (Fsp3) is 0.400. The van der Waals surface area contributed by atoms with E-state index in [1.165, 1.54) is 6.20 Å². The zero-order chi connectivity index (χ0) is 11.5. The molecule has 0 saturated carbocycles. The number of anilines is 1. The predicted octanol–water partition coefficient (Wildman–Crippen LogP) is 1.25. The Bertz CT molecular complexity index is 452. The maximum absolute atomic E-state index is 11.7. The van der Waals surface area contributed by atoms with Crippen molar-refractivity contribution in [1.82, 2.24) is 4.98 Å². The lowest BCUT2D eigenvalue weighted by Crippen LogP contribution is -2.29. The summed E-state index contributed by atoms with van der Waals surface area (Å²) in [6.45, 7) is 0.604. The molecule has 1 aromatic rings. The summed E-state index contributed by atoms with van der Waals surface area (Å²) in [7, 11) is 0. The first-order valence-electron chi connectivity index (χ1n) is 4.97. The molecule has 0 aromatic carbocycles. The molecule has 0 spiro atoms. The Morgan fingerprint density at radius 1 is 1.62 bits per heavy atom. The van der Waals surface area contributed by atoms with Crippen molar-refractivity contribution < 1.29 is 9.53 Å². The quantitative estimate of drug-likeness (QED) is 0.860. The minimum Gasteiger partial charge on any atom is -0.368 e. The molecule has 1 aliphatic heterocycles. The van der Waals surface area contributed by atoms with Crippen LogP contribution in [0.1, 0.15) is 12.8 Å². The number of hydrogen-bond acceptors (Lipinski definition) is 3. The first-order valence-corrected chi connectivity index (χ1v) is 5.77. The number of amides is 1. The normalized spacial score (nSPS) is 19.7. The van der Waals surface area contributed by atoms with Crippen LogP contribution in [0, 0.1) is 0 Å². The van der Waals surface area contributed by atoms with Gasteiger partial charge >= 0.3 is 0 Å². The Morgan fingerprint density at radius 3 is 3.12 bits per heavy atom. The Labute approximate surface area is 100 Å². The minimum atomic E-state index is -0.432. The summed E-state index contributed by atoms with van der Waals surface area (Å²) >= 11 is 3.22. The zero-order valence-corrected chi connectivity index (χ0v) is 10.0. The van der Waals surface area contributed by atoms with Crippen LogP contribution in [0.2, 0.25) is 0 Å². The highest BCUT2D eigenvalue weighted by molar-refractivity contribution is 9.10. The first-order chi connectivity index (χ1) is 7.66. The molecule has 16 heavy (non-hydrogen) atoms. The summed E-state index contributed by atoms with van der Waals surface area (Å²) in [6, 6.07) is 1.56. The molecule has 0 aliphatic carbocycles. The van der Waals surface area contributed by atoms with E-state index in [1.54, 1.807) is 6.07 Å². The molecule has 1 unspecified atom stereocenters. The average molecular weight is 287 g/mol. The number of aromatic amines is 1. The summed E-state index contributed by atoms with van der Waals surface area (Å²) in [4.78, 5) is 25.6. The number of hydrogen-bond donors (Lipinski definition) is 2. The van der Waals surface area contributed by atoms with Gasteiger partial charge in [-0.3, -0.25) is 9.59 Å². The van der Waals surface area contributed by atoms with Crippen molar-refractivity contribution in [2.75, 3.05) is 11.9 Å². The Balaban J connectivity index is 2.11. The van der Waals surface area contributed by atoms with Gasteiger partial charge in [-0.05, 0) is 34.8 Å². The van der Waals surface area contributed by atoms with Gasteiger partial charge in [0, 0.05) is 17.3 Å². The molecule has 0 bridgehead atoms. The van der Waals surface area contributed by atoms with Gasteiger partial charge in [0.05, 0.1) is 0 Å². The molecular weight excluding hydrogens is 276 g/mol. The molecule has 1 saturated heterocycles. The smallest absolute Gasteiger partial charge is 0.271 e. The Hall–Kier alpha value is -1.14. The molecule has 1 aliphatic rings. The zero-order valence-electron chi connectivity index (χ0n) is 8.46. The maximum atomic E-state index is 11.7. The number of H-pyrrole nitrogens is 1. The summed E-state index contributed by atoms with van der Waals surface area (Å²) in [6.07, 6.45) is 2.67. The topological polar surface area (TPSA) is 71.2 Å². The third-order valence-corrected chi connectivity index (χ3v) is 2.81. The van der Waals surface area contributed by atoms with Crippen molar-refractivity contribution in [2.45, 2.75) is 18.9 Å². The van der Waals surface area contributed by atoms with E-state index < -0.39 is 6.10 Å². The van der Waals surface area contributed by atoms with Crippen LogP contribution in [0.3, 0.4) is 0 Å². The number of carbonyl (C=O) groups excluding carboxylic acids is 1. The van der Waals surface area contributed by atoms with Gasteiger partial charge in [0.15, 0.2) is 0 Å². The van der Waals surface area contributed by atoms with Gasteiger partial charge in [-0.15, -0.1) is 0 Å². The number of ether oxygens (including phenoxy) is 1. The predicted molar refractivity (Wildman–Crippen MR) is 62.4 cm³/mol. The third-order valence-electron chi connectivity index (χ3n) is 2.35. The second-order valence-electron chi connectivity index (χ2n) is 3.55. The van der Waals surface area contributed by atoms with E-state index in [2.05, 4.69) is 26.2 Å². The molecule has 2 rings (SSSR count). The van der Waals surface area contributed by atoms with E-state index >= 15 is 0 Å². The highest BCUT2D eigenvalue weighted by Crippen LogP contribution is 2.15. The second-order valence-corrected chi connectivity index (χ2v) is 4.47. The Kier molecular flexibility index (Phi) is 3.40. The molecule has 1 fully saturated rings. The Morgan fingerprint density at radius 2 is 2.44 bits per heavy atom. The van der Waals surface area contributed by atoms with Crippen molar-refractivity contribution in [3.05, 3.63) is 27.1 Å². The average Bonchev–Trinajstić information content (AvgIpc) is 2.76. The van der Waals surface area contributed by atoms with Crippen LogP contribution in [-0.2, 0) is 9.53 Å². The monoisotopic (exact) mass is 286 g/mol. The van der Waals surface area contributed by atoms with E-state index in [-0.39, 0.29) is 17.2 Å². The second kappa shape index (κ2) is 4.80. The largest absolute Gasteiger partial charge is 0.368 e. The van der Waals surface area contributed by atoms with Crippen molar-refractivity contribution >= 4 is 27.5 Å². The lowest BCUT2D eigenvalue weighted by Gasteiger charge is -2.09. The molecule has 2 N–H and O–H groups in total. The number of rotatable bonds is 2. The van der Waals surface area contributed by atoms with Crippen LogP contribution in [-0.4, -0.2) is 23.6 Å². The molecule has 2 heterocycles. The van der Waals surface area contributed by atoms with Crippen LogP contribution in [0.15, 0.2) is 21.5 Å². The SMILES string of the molecule is O=C(Nc1cc(Br)c[nH]c1=O)C1CCCO1. The van der Waals surface area contributed by atoms with Crippen molar-refractivity contribution in [2.24, 2.45) is 0 Å². The van der Waals surface area contributed by atoms with Gasteiger partial charge in [0.2, 0.25) is 0 Å². The van der Waals surface area contributed by atoms with E-state index in [0.717, 1.165) is 6.42 Å². The molecule has 0 radical (unpaired) electrons. The van der Waals surface area contributed by atoms with Crippen LogP contribution in [0.4, 0.5) is 5.69 Å². The standard InChI is InChI=1S/C10H11BrN2O3/c11-6-4-7(9(14)12-5-6)13-10(15)8-2-1-3-16-8/h4-5,8H,1-3H2,(H,12,14)(H,13,15). The highest BCUT2D eigenvalue weighted by Gasteiger charge is 2.24. The van der Waals surface area contributed by atoms with Gasteiger partial charge in [0.25, 0.3) is 11.5 Å². The number of halogens is 1. The van der Waals surface area contributed by atoms with Gasteiger partial charge in [-0.1, -0.05) is 0 Å². The molecular formula is C10H11BrN2O3. The number of nitrogens with one attached hydrogen (secondary N) is 2. The number of aromatic nitrogens is 1. The van der Waals surface area contributed by atoms with Crippen LogP contribution < -0.4 is 10.9 Å². The fourth-order valence-corrected chi connectivity index (χ4v) is 1.89. The van der Waals surface area contributed by atoms with Crippen LogP contribution in [0.25, 0.3) is 0 Å². The van der Waals surface area contributed by atoms with E-state index in [4.69, 9.17) is 4.74 Å². The van der Waals surface area contributed by atoms with E-state index in [0.29, 0.717) is 17.5 Å². The van der Waals surface area contributed by atoms with Crippen molar-refractivity contribution in [3.8, 4) is 0 Å². The molecule has 1 amide bonds. The summed E-state index contributed by atoms with van der Waals surface area (Å²) < 4.78 is 5.92. The maximum Gasteiger partial charge on any atom is 0.271 e. The first kappa shape index (κ1) is 11.3. The molecule has 5 nitrogen and oxygen atoms in total. The summed E-state index contributed by atoms with van der Waals surface area (Å²) in [5, 5.41) is 2.56. The fourth-order valence-electron chi connectivity index (χ4n) is 1.55. The molecule has 86 valence electrons. The molecule has 6 heteroatoms. The van der Waals surface area contributed by atoms with Gasteiger partial charge in [-0.2, -0.15) is 0 Å². The minimum absolute atomic E-state index is 0.231. The van der Waals surface area contributed by atoms with Crippen LogP contribution in [0.5, 0.6) is 0 Å². The van der Waals surface area contributed by atoms with Crippen LogP contribution >= 0.6 is 15.9 Å². The van der Waals surface area contributed by atoms with Gasteiger partial charge < -0.3 is 15.0 Å². The molecule has 1 aromatic heterocycles. The van der Waals surface area contributed by atoms with E-state index in [9.17, 15) is 9.59 Å². The lowest BCUT2D eigenvalue weighted by atomic mass is 10.2. The van der Waals surface area contributed by atoms with Gasteiger partial charge in [-0.25, -0.2) is 0 Å². The molecule has 1 atom stereocenters.